The van der Waals surface area contributed by atoms with Gasteiger partial charge in [0.1, 0.15) is 0 Å². The van der Waals surface area contributed by atoms with Crippen molar-refractivity contribution < 1.29 is 54.8 Å². The number of hydrogen-bond acceptors (Lipinski definition) is 2. The Morgan fingerprint density at radius 1 is 0.389 bits per heavy atom. The number of rotatable bonds is 8. The topological polar surface area (TPSA) is 15.3 Å². The Balaban J connectivity index is 1.44. The molecule has 4 aromatic heterocycles. The summed E-state index contributed by atoms with van der Waals surface area (Å²) in [7, 11) is 0. The van der Waals surface area contributed by atoms with Gasteiger partial charge in [-0.05, 0) is 118 Å². The zero-order valence-electron chi connectivity index (χ0n) is 78.6. The molecule has 0 unspecified atom stereocenters. The van der Waals surface area contributed by atoms with E-state index in [2.05, 4.69) is 0 Å². The van der Waals surface area contributed by atoms with Crippen molar-refractivity contribution in [1.82, 2.24) is 8.80 Å². The van der Waals surface area contributed by atoms with E-state index in [0.29, 0.717) is 19.9 Å². The second-order valence-electron chi connectivity index (χ2n) is 18.3. The van der Waals surface area contributed by atoms with Gasteiger partial charge in [0, 0.05) is 90.5 Å². The van der Waals surface area contributed by atoms with E-state index in [4.69, 9.17) is 32.9 Å². The molecule has 354 valence electrons. The first kappa shape index (κ1) is 19.0. The van der Waals surface area contributed by atoms with Crippen molar-refractivity contribution in [2.24, 2.45) is 0 Å². The standard InChI is InChI=1S/C68H62N4/c1-41(2)43-27-31-47(32-28-43)69(45-19-13-11-14-20-45)57-37-35-49-53-39-60-54(40-59(53)71-63-51(61(57)65(49)71)23-17-25-55(63)67(5,6)7)50-36-38-58(62-52-24-18-26-56(68(8,9)10)64(52)72(60)66(50)62)70(46-21-15-12-16-22-46)48-33-29-44(30-34-48)42(3)4/h11-42H,1-10H3/i5D3,6D3,7D3,8D3,9D3,10D3,11D,12D,13D,14D,15D,16D,17D,18D,19D,20D,21D,22D,23D,24D,25D,26D,35D,36D,37D,38D,39D,40D. The van der Waals surface area contributed by atoms with Gasteiger partial charge < -0.3 is 18.6 Å². The van der Waals surface area contributed by atoms with Crippen LogP contribution in [0.3, 0.4) is 0 Å². The molecular weight excluding hydrogens is 873 g/mol. The number of anilines is 6. The SMILES string of the molecule is [2H]c1c([2H])c([2H])c(N(c2ccc(C(C)C)cc2)c2c([2H])c([2H])c3c4c([2H])c5c(c([2H])c4n4c6c(C(C([2H])([2H])[2H])(C([2H])([2H])[2H])C([2H])([2H])[2H])c([2H])c([2H])c([2H])c6c2c34)c2c([2H])c([2H])c(N(c3ccc(C(C)C)cc3)c3c([2H])c([2H])c([2H])c([2H])c3[2H])c3c4c([2H])c([2H])c([2H])c(C(C([2H])([2H])[2H])(C([2H])([2H])[2H])C([2H])([2H])[2H])c4n5c23)c([2H])c1[2H]. The van der Waals surface area contributed by atoms with Gasteiger partial charge in [0.15, 0.2) is 0 Å². The van der Waals surface area contributed by atoms with E-state index in [1.165, 1.54) is 48.5 Å². The highest BCUT2D eigenvalue weighted by Crippen LogP contribution is 2.53. The summed E-state index contributed by atoms with van der Waals surface area (Å²) in [5.74, 6) is -0.464. The Morgan fingerprint density at radius 3 is 1.14 bits per heavy atom. The third kappa shape index (κ3) is 6.43. The van der Waals surface area contributed by atoms with Crippen LogP contribution in [0.1, 0.15) is 158 Å². The molecule has 4 heteroatoms. The van der Waals surface area contributed by atoms with Gasteiger partial charge in [0.2, 0.25) is 0 Å². The predicted octanol–water partition coefficient (Wildman–Crippen LogP) is 19.8. The zero-order valence-corrected chi connectivity index (χ0v) is 38.6. The Labute approximate surface area is 479 Å². The lowest BCUT2D eigenvalue weighted by Gasteiger charge is -2.27. The molecule has 13 aromatic rings. The molecule has 4 nitrogen and oxygen atoms in total. The normalized spacial score (nSPS) is 21.9. The predicted molar refractivity (Wildman–Crippen MR) is 311 cm³/mol. The smallest absolute Gasteiger partial charge is 0.0653 e. The summed E-state index contributed by atoms with van der Waals surface area (Å²) in [6, 6.07) is -13.7. The minimum absolute atomic E-state index is 0.219. The lowest BCUT2D eigenvalue weighted by atomic mass is 9.85. The van der Waals surface area contributed by atoms with Crippen LogP contribution in [0.2, 0.25) is 0 Å². The lowest BCUT2D eigenvalue weighted by molar-refractivity contribution is 0.594. The van der Waals surface area contributed by atoms with Crippen molar-refractivity contribution in [2.45, 2.75) is 91.5 Å². The van der Waals surface area contributed by atoms with Gasteiger partial charge in [-0.1, -0.05) is 178 Å². The van der Waals surface area contributed by atoms with Crippen LogP contribution in [0.25, 0.3) is 76.2 Å². The van der Waals surface area contributed by atoms with Crippen molar-refractivity contribution in [3.63, 3.8) is 0 Å². The molecule has 13 rings (SSSR count). The zero-order chi connectivity index (χ0) is 83.7. The second-order valence-corrected chi connectivity index (χ2v) is 18.3. The minimum Gasteiger partial charge on any atom is -0.310 e. The molecule has 9 aromatic carbocycles. The van der Waals surface area contributed by atoms with Crippen molar-refractivity contribution in [3.05, 3.63) is 204 Å². The molecule has 0 N–H and O–H groups in total. The van der Waals surface area contributed by atoms with Crippen LogP contribution in [0, 0.1) is 0 Å². The van der Waals surface area contributed by atoms with E-state index in [1.54, 1.807) is 27.7 Å². The number of nitrogens with zero attached hydrogens (tertiary/aromatic N) is 4. The van der Waals surface area contributed by atoms with Crippen LogP contribution in [0.4, 0.5) is 34.1 Å². The Bertz CT molecular complexity index is 5740. The molecule has 4 heterocycles. The van der Waals surface area contributed by atoms with Gasteiger partial charge in [-0.15, -0.1) is 0 Å². The van der Waals surface area contributed by atoms with E-state index < -0.39 is 295 Å². The van der Waals surface area contributed by atoms with Gasteiger partial charge in [-0.25, -0.2) is 0 Å². The number of hydrogen-bond donors (Lipinski definition) is 0. The van der Waals surface area contributed by atoms with Crippen LogP contribution >= 0.6 is 0 Å². The minimum atomic E-state index is -4.43. The molecule has 0 aliphatic carbocycles. The summed E-state index contributed by atoms with van der Waals surface area (Å²) >= 11 is 0. The average molecular weight is 976 g/mol. The van der Waals surface area contributed by atoms with E-state index in [0.717, 1.165) is 9.80 Å². The molecule has 0 radical (unpaired) electrons. The average Bonchev–Trinajstić information content (AvgIpc) is 1.47. The maximum Gasteiger partial charge on any atom is 0.0653 e. The lowest BCUT2D eigenvalue weighted by Crippen LogP contribution is -2.12. The number of aromatic nitrogens is 2. The van der Waals surface area contributed by atoms with Gasteiger partial charge in [0.05, 0.1) is 74.6 Å². The van der Waals surface area contributed by atoms with Gasteiger partial charge in [-0.2, -0.15) is 0 Å². The fraction of sp³-hybridized carbons (Fsp3) is 0.206. The van der Waals surface area contributed by atoms with Crippen LogP contribution in [0.5, 0.6) is 0 Å². The largest absolute Gasteiger partial charge is 0.310 e. The highest BCUT2D eigenvalue weighted by atomic mass is 15.2. The summed E-state index contributed by atoms with van der Waals surface area (Å²) < 4.78 is 380. The molecule has 0 saturated heterocycles. The molecule has 0 amide bonds. The molecule has 0 aliphatic heterocycles. The number of fused-ring (bicyclic) bond motifs is 12. The van der Waals surface area contributed by atoms with Crippen LogP contribution in [-0.2, 0) is 10.8 Å². The maximum absolute atomic E-state index is 11.0. The van der Waals surface area contributed by atoms with Crippen molar-refractivity contribution in [3.8, 4) is 0 Å². The summed E-state index contributed by atoms with van der Waals surface area (Å²) in [5.41, 5.74) is -20.4. The number of benzene rings is 9. The molecule has 0 fully saturated rings. The first-order chi connectivity index (χ1) is 51.4. The Morgan fingerprint density at radius 2 is 0.778 bits per heavy atom. The fourth-order valence-corrected chi connectivity index (χ4v) is 10.0. The summed E-state index contributed by atoms with van der Waals surface area (Å²) in [6.07, 6.45) is 0. The van der Waals surface area contributed by atoms with Crippen molar-refractivity contribution in [2.75, 3.05) is 9.80 Å². The first-order valence-corrected chi connectivity index (χ1v) is 22.7. The fourth-order valence-electron chi connectivity index (χ4n) is 10.0. The van der Waals surface area contributed by atoms with Gasteiger partial charge in [0.25, 0.3) is 0 Å². The Kier molecular flexibility index (Phi) is 4.18. The monoisotopic (exact) mass is 975 g/mol. The molecule has 0 saturated carbocycles. The second kappa shape index (κ2) is 15.8. The first-order valence-electron chi connectivity index (χ1n) is 42.7. The molecular formula is C68H62N4. The summed E-state index contributed by atoms with van der Waals surface area (Å²) in [4.78, 5) is 1.72. The Hall–Kier alpha value is -7.82. The van der Waals surface area contributed by atoms with E-state index in [-0.39, 0.29) is 23.2 Å². The maximum atomic E-state index is 11.0. The van der Waals surface area contributed by atoms with Crippen molar-refractivity contribution in [1.29, 1.82) is 0 Å². The van der Waals surface area contributed by atoms with Crippen LogP contribution in [-0.4, -0.2) is 8.80 Å². The number of para-hydroxylation sites is 4. The van der Waals surface area contributed by atoms with Crippen LogP contribution < -0.4 is 9.80 Å². The van der Waals surface area contributed by atoms with Gasteiger partial charge >= 0.3 is 0 Å². The summed E-state index contributed by atoms with van der Waals surface area (Å²) in [6.45, 7) is -19.2. The van der Waals surface area contributed by atoms with E-state index >= 15 is 0 Å². The third-order valence-electron chi connectivity index (χ3n) is 13.3. The highest BCUT2D eigenvalue weighted by Gasteiger charge is 2.31. The molecule has 0 aliphatic rings. The summed E-state index contributed by atoms with van der Waals surface area (Å²) in [5, 5.41) is -6.94. The van der Waals surface area contributed by atoms with E-state index in [1.807, 2.05) is 0 Å². The molecule has 0 spiro atoms. The van der Waals surface area contributed by atoms with Crippen molar-refractivity contribution >= 4 is 110 Å². The van der Waals surface area contributed by atoms with Crippen LogP contribution in [0.15, 0.2) is 181 Å². The molecule has 72 heavy (non-hydrogen) atoms. The van der Waals surface area contributed by atoms with Gasteiger partial charge in [-0.3, -0.25) is 0 Å². The van der Waals surface area contributed by atoms with E-state index in [9.17, 15) is 21.9 Å². The molecule has 0 atom stereocenters. The highest BCUT2D eigenvalue weighted by molar-refractivity contribution is 6.32. The quantitative estimate of drug-likeness (QED) is 0.151. The third-order valence-corrected chi connectivity index (χ3v) is 13.3. The molecule has 0 bridgehead atoms.